The van der Waals surface area contributed by atoms with Crippen molar-refractivity contribution < 1.29 is 4.79 Å². The number of rotatable bonds is 0. The molecule has 0 saturated heterocycles. The van der Waals surface area contributed by atoms with Crippen LogP contribution in [-0.2, 0) is 4.79 Å². The maximum absolute atomic E-state index is 10.3. The third-order valence-corrected chi connectivity index (χ3v) is 1.39. The molecule has 0 aromatic carbocycles. The van der Waals surface area contributed by atoms with E-state index >= 15 is 0 Å². The van der Waals surface area contributed by atoms with Gasteiger partial charge in [0, 0.05) is 12.1 Å². The summed E-state index contributed by atoms with van der Waals surface area (Å²) in [6, 6.07) is 1.50. The Balaban J connectivity index is 3.05. The summed E-state index contributed by atoms with van der Waals surface area (Å²) in [4.78, 5) is 14.1. The second kappa shape index (κ2) is 3.78. The Bertz CT molecular complexity index is 406. The normalized spacial score (nSPS) is 8.69. The van der Waals surface area contributed by atoms with Crippen molar-refractivity contribution in [2.24, 2.45) is 5.73 Å². The molecule has 13 heavy (non-hydrogen) atoms. The number of hydrogen-bond donors (Lipinski definition) is 2. The number of primary amides is 1. The topological polar surface area (TPSA) is 82.0 Å². The van der Waals surface area contributed by atoms with E-state index in [-0.39, 0.29) is 0 Å². The van der Waals surface area contributed by atoms with Gasteiger partial charge in [-0.2, -0.15) is 0 Å². The number of halogens is 1. The predicted molar refractivity (Wildman–Crippen MR) is 49.7 cm³/mol. The second-order valence-corrected chi connectivity index (χ2v) is 2.64. The molecular weight excluding hydrogens is 190 g/mol. The average molecular weight is 196 g/mol. The fourth-order valence-corrected chi connectivity index (χ4v) is 0.847. The fourth-order valence-electron chi connectivity index (χ4n) is 0.680. The van der Waals surface area contributed by atoms with E-state index in [0.717, 1.165) is 0 Å². The molecule has 0 unspecified atom stereocenters. The summed E-state index contributed by atoms with van der Waals surface area (Å²) < 4.78 is 0. The van der Waals surface area contributed by atoms with Crippen molar-refractivity contribution in [2.45, 2.75) is 0 Å². The first-order chi connectivity index (χ1) is 6.09. The maximum atomic E-state index is 10.3. The van der Waals surface area contributed by atoms with Crippen molar-refractivity contribution in [3.8, 4) is 11.8 Å². The number of pyridine rings is 1. The van der Waals surface area contributed by atoms with Crippen molar-refractivity contribution in [3.63, 3.8) is 0 Å². The first-order valence-corrected chi connectivity index (χ1v) is 3.70. The predicted octanol–water partition coefficient (Wildman–Crippen LogP) is 0.154. The summed E-state index contributed by atoms with van der Waals surface area (Å²) in [6.45, 7) is 0. The van der Waals surface area contributed by atoms with Gasteiger partial charge in [-0.15, -0.1) is 0 Å². The first kappa shape index (κ1) is 9.36. The smallest absolute Gasteiger partial charge is 0.293 e. The van der Waals surface area contributed by atoms with E-state index in [2.05, 4.69) is 16.8 Å². The number of carbonyl (C=O) groups excluding carboxylic acids is 1. The molecule has 0 fully saturated rings. The Kier molecular flexibility index (Phi) is 2.72. The molecule has 1 heterocycles. The SMILES string of the molecule is NC(=O)C#Cc1ncc(Cl)cc1N. The van der Waals surface area contributed by atoms with Crippen LogP contribution in [0.25, 0.3) is 0 Å². The van der Waals surface area contributed by atoms with Crippen LogP contribution in [0, 0.1) is 11.8 Å². The van der Waals surface area contributed by atoms with Crippen molar-refractivity contribution in [1.82, 2.24) is 4.98 Å². The molecule has 0 atom stereocenters. The number of anilines is 1. The van der Waals surface area contributed by atoms with Crippen LogP contribution in [-0.4, -0.2) is 10.9 Å². The van der Waals surface area contributed by atoms with E-state index < -0.39 is 5.91 Å². The summed E-state index contributed by atoms with van der Waals surface area (Å²) in [7, 11) is 0. The summed E-state index contributed by atoms with van der Waals surface area (Å²) in [6.07, 6.45) is 1.39. The van der Waals surface area contributed by atoms with E-state index in [1.807, 2.05) is 0 Å². The quantitative estimate of drug-likeness (QED) is 0.579. The Morgan fingerprint density at radius 3 is 2.85 bits per heavy atom. The summed E-state index contributed by atoms with van der Waals surface area (Å²) in [5.74, 6) is 3.82. The van der Waals surface area contributed by atoms with Crippen LogP contribution >= 0.6 is 11.6 Å². The highest BCUT2D eigenvalue weighted by atomic mass is 35.5. The zero-order valence-corrected chi connectivity index (χ0v) is 7.30. The number of nitrogens with two attached hydrogens (primary N) is 2. The molecule has 1 rings (SSSR count). The standard InChI is InChI=1S/C8H6ClN3O/c9-5-3-6(10)7(12-4-5)1-2-8(11)13/h3-4H,10H2,(H2,11,13). The second-order valence-electron chi connectivity index (χ2n) is 2.21. The lowest BCUT2D eigenvalue weighted by Gasteiger charge is -1.95. The monoisotopic (exact) mass is 195 g/mol. The van der Waals surface area contributed by atoms with Gasteiger partial charge in [-0.1, -0.05) is 11.6 Å². The molecular formula is C8H6ClN3O. The van der Waals surface area contributed by atoms with Crippen LogP contribution < -0.4 is 11.5 Å². The zero-order chi connectivity index (χ0) is 9.84. The lowest BCUT2D eigenvalue weighted by atomic mass is 10.3. The third kappa shape index (κ3) is 2.65. The highest BCUT2D eigenvalue weighted by Crippen LogP contribution is 2.13. The van der Waals surface area contributed by atoms with Crippen molar-refractivity contribution in [1.29, 1.82) is 0 Å². The van der Waals surface area contributed by atoms with E-state index in [9.17, 15) is 4.79 Å². The average Bonchev–Trinajstić information content (AvgIpc) is 2.02. The molecule has 5 heteroatoms. The maximum Gasteiger partial charge on any atom is 0.293 e. The van der Waals surface area contributed by atoms with E-state index in [1.165, 1.54) is 12.3 Å². The minimum Gasteiger partial charge on any atom is -0.396 e. The van der Waals surface area contributed by atoms with Crippen molar-refractivity contribution >= 4 is 23.2 Å². The highest BCUT2D eigenvalue weighted by Gasteiger charge is 1.97. The lowest BCUT2D eigenvalue weighted by Crippen LogP contribution is -2.06. The molecule has 1 amide bonds. The van der Waals surface area contributed by atoms with Gasteiger partial charge in [0.1, 0.15) is 5.69 Å². The summed E-state index contributed by atoms with van der Waals surface area (Å²) in [5.41, 5.74) is 10.9. The summed E-state index contributed by atoms with van der Waals surface area (Å²) >= 11 is 5.60. The number of amides is 1. The number of nitrogens with zero attached hydrogens (tertiary/aromatic N) is 1. The highest BCUT2D eigenvalue weighted by molar-refractivity contribution is 6.30. The number of nitrogen functional groups attached to an aromatic ring is 1. The first-order valence-electron chi connectivity index (χ1n) is 3.32. The molecule has 0 bridgehead atoms. The molecule has 1 aromatic rings. The largest absolute Gasteiger partial charge is 0.396 e. The van der Waals surface area contributed by atoms with Gasteiger partial charge < -0.3 is 11.5 Å². The van der Waals surface area contributed by atoms with Gasteiger partial charge in [-0.25, -0.2) is 4.98 Å². The van der Waals surface area contributed by atoms with Gasteiger partial charge in [0.2, 0.25) is 0 Å². The summed E-state index contributed by atoms with van der Waals surface area (Å²) in [5, 5.41) is 0.419. The van der Waals surface area contributed by atoms with Crippen LogP contribution in [0.15, 0.2) is 12.3 Å². The van der Waals surface area contributed by atoms with Gasteiger partial charge in [0.05, 0.1) is 10.7 Å². The Labute approximate surface area is 79.9 Å². The number of carbonyl (C=O) groups is 1. The molecule has 4 N–H and O–H groups in total. The van der Waals surface area contributed by atoms with Crippen LogP contribution in [0.4, 0.5) is 5.69 Å². The van der Waals surface area contributed by atoms with Crippen LogP contribution in [0.3, 0.4) is 0 Å². The molecule has 0 radical (unpaired) electrons. The lowest BCUT2D eigenvalue weighted by molar-refractivity contribution is -0.112. The van der Waals surface area contributed by atoms with E-state index in [4.69, 9.17) is 23.1 Å². The zero-order valence-electron chi connectivity index (χ0n) is 6.54. The molecule has 0 aliphatic rings. The van der Waals surface area contributed by atoms with Crippen LogP contribution in [0.1, 0.15) is 5.69 Å². The minimum atomic E-state index is -0.726. The molecule has 0 saturated carbocycles. The van der Waals surface area contributed by atoms with E-state index in [0.29, 0.717) is 16.4 Å². The molecule has 1 aromatic heterocycles. The Morgan fingerprint density at radius 1 is 1.62 bits per heavy atom. The molecule has 66 valence electrons. The minimum absolute atomic E-state index is 0.295. The molecule has 4 nitrogen and oxygen atoms in total. The fraction of sp³-hybridized carbons (Fsp3) is 0. The van der Waals surface area contributed by atoms with Gasteiger partial charge in [-0.05, 0) is 12.0 Å². The van der Waals surface area contributed by atoms with Gasteiger partial charge in [0.25, 0.3) is 5.91 Å². The van der Waals surface area contributed by atoms with Crippen molar-refractivity contribution in [3.05, 3.63) is 23.0 Å². The third-order valence-electron chi connectivity index (χ3n) is 1.19. The van der Waals surface area contributed by atoms with Gasteiger partial charge >= 0.3 is 0 Å². The van der Waals surface area contributed by atoms with Gasteiger partial charge in [-0.3, -0.25) is 4.79 Å². The molecule has 0 spiro atoms. The van der Waals surface area contributed by atoms with Gasteiger partial charge in [0.15, 0.2) is 0 Å². The number of aromatic nitrogens is 1. The molecule has 0 aliphatic carbocycles. The van der Waals surface area contributed by atoms with E-state index in [1.54, 1.807) is 0 Å². The number of hydrogen-bond acceptors (Lipinski definition) is 3. The van der Waals surface area contributed by atoms with Crippen molar-refractivity contribution in [2.75, 3.05) is 5.73 Å². The van der Waals surface area contributed by atoms with Crippen LogP contribution in [0.2, 0.25) is 5.02 Å². The van der Waals surface area contributed by atoms with Crippen LogP contribution in [0.5, 0.6) is 0 Å². The molecule has 0 aliphatic heterocycles. The Hall–Kier alpha value is -1.73. The Morgan fingerprint density at radius 2 is 2.31 bits per heavy atom.